The number of hydrogen-bond acceptors (Lipinski definition) is 3. The van der Waals surface area contributed by atoms with E-state index in [2.05, 4.69) is 15.9 Å². The fraction of sp³-hybridized carbons (Fsp3) is 0.0667. The molecule has 0 unspecified atom stereocenters. The monoisotopic (exact) mass is 366 g/mol. The lowest BCUT2D eigenvalue weighted by atomic mass is 10.2. The van der Waals surface area contributed by atoms with Crippen molar-refractivity contribution in [1.82, 2.24) is 0 Å². The summed E-state index contributed by atoms with van der Waals surface area (Å²) in [6, 6.07) is 12.1. The predicted molar refractivity (Wildman–Crippen MR) is 83.0 cm³/mol. The zero-order valence-electron chi connectivity index (χ0n) is 10.7. The second kappa shape index (κ2) is 6.78. The van der Waals surface area contributed by atoms with E-state index in [4.69, 9.17) is 5.11 Å². The summed E-state index contributed by atoms with van der Waals surface area (Å²) in [5, 5.41) is 17.9. The maximum Gasteiger partial charge on any atom is 0.336 e. The first-order valence-corrected chi connectivity index (χ1v) is 7.58. The van der Waals surface area contributed by atoms with Gasteiger partial charge in [-0.25, -0.2) is 4.79 Å². The highest BCUT2D eigenvalue weighted by Gasteiger charge is 2.12. The number of hydrogen-bond donors (Lipinski definition) is 2. The molecular formula is C15H11BrO4S. The fourth-order valence-electron chi connectivity index (χ4n) is 1.74. The number of halogens is 1. The number of carbonyl (C=O) groups is 2. The summed E-state index contributed by atoms with van der Waals surface area (Å²) in [7, 11) is 0. The lowest BCUT2D eigenvalue weighted by molar-refractivity contribution is -0.136. The second-order valence-corrected chi connectivity index (χ2v) is 6.29. The van der Waals surface area contributed by atoms with Gasteiger partial charge in [-0.1, -0.05) is 39.8 Å². The molecule has 0 spiro atoms. The molecule has 0 saturated carbocycles. The molecule has 0 amide bonds. The highest BCUT2D eigenvalue weighted by atomic mass is 79.9. The molecule has 6 heteroatoms. The number of aliphatic carboxylic acids is 1. The highest BCUT2D eigenvalue weighted by molar-refractivity contribution is 9.10. The van der Waals surface area contributed by atoms with Crippen LogP contribution in [0.15, 0.2) is 56.7 Å². The molecule has 0 heterocycles. The SMILES string of the molecule is O=C(O)Cc1ccc(Sc2ccc(Br)cc2C(=O)O)cc1. The summed E-state index contributed by atoms with van der Waals surface area (Å²) < 4.78 is 0.709. The Balaban J connectivity index is 2.22. The Kier molecular flexibility index (Phi) is 5.03. The molecule has 0 bridgehead atoms. The molecule has 21 heavy (non-hydrogen) atoms. The van der Waals surface area contributed by atoms with Gasteiger partial charge in [0.05, 0.1) is 12.0 Å². The molecule has 2 aromatic carbocycles. The molecule has 0 fully saturated rings. The van der Waals surface area contributed by atoms with E-state index in [-0.39, 0.29) is 12.0 Å². The molecule has 0 aliphatic heterocycles. The van der Waals surface area contributed by atoms with E-state index in [9.17, 15) is 14.7 Å². The van der Waals surface area contributed by atoms with Gasteiger partial charge in [0.2, 0.25) is 0 Å². The topological polar surface area (TPSA) is 74.6 Å². The maximum absolute atomic E-state index is 11.2. The van der Waals surface area contributed by atoms with Crippen LogP contribution < -0.4 is 0 Å². The van der Waals surface area contributed by atoms with Crippen molar-refractivity contribution in [1.29, 1.82) is 0 Å². The largest absolute Gasteiger partial charge is 0.481 e. The minimum atomic E-state index is -0.985. The van der Waals surface area contributed by atoms with Crippen LogP contribution in [-0.2, 0) is 11.2 Å². The quantitative estimate of drug-likeness (QED) is 0.838. The molecule has 0 aromatic heterocycles. The van der Waals surface area contributed by atoms with Crippen molar-refractivity contribution in [3.63, 3.8) is 0 Å². The molecule has 0 aliphatic carbocycles. The number of rotatable bonds is 5. The first-order chi connectivity index (χ1) is 9.95. The minimum Gasteiger partial charge on any atom is -0.481 e. The zero-order valence-corrected chi connectivity index (χ0v) is 13.1. The Morgan fingerprint density at radius 3 is 2.29 bits per heavy atom. The molecule has 0 saturated heterocycles. The number of benzene rings is 2. The number of carboxylic acids is 2. The smallest absolute Gasteiger partial charge is 0.336 e. The van der Waals surface area contributed by atoms with Crippen molar-refractivity contribution in [2.45, 2.75) is 16.2 Å². The first-order valence-electron chi connectivity index (χ1n) is 5.97. The van der Waals surface area contributed by atoms with Gasteiger partial charge in [0.25, 0.3) is 0 Å². The molecule has 0 aliphatic rings. The van der Waals surface area contributed by atoms with Crippen LogP contribution in [-0.4, -0.2) is 22.2 Å². The third-order valence-electron chi connectivity index (χ3n) is 2.68. The van der Waals surface area contributed by atoms with Crippen LogP contribution in [0.25, 0.3) is 0 Å². The molecule has 108 valence electrons. The zero-order chi connectivity index (χ0) is 15.4. The molecule has 2 N–H and O–H groups in total. The van der Waals surface area contributed by atoms with E-state index in [0.717, 1.165) is 4.90 Å². The van der Waals surface area contributed by atoms with Gasteiger partial charge in [0.1, 0.15) is 0 Å². The van der Waals surface area contributed by atoms with E-state index in [1.807, 2.05) is 0 Å². The summed E-state index contributed by atoms with van der Waals surface area (Å²) >= 11 is 4.58. The van der Waals surface area contributed by atoms with Gasteiger partial charge < -0.3 is 10.2 Å². The van der Waals surface area contributed by atoms with Gasteiger partial charge in [0.15, 0.2) is 0 Å². The summed E-state index contributed by atoms with van der Waals surface area (Å²) in [6.45, 7) is 0. The maximum atomic E-state index is 11.2. The Morgan fingerprint density at radius 1 is 1.05 bits per heavy atom. The normalized spacial score (nSPS) is 10.3. The Bertz CT molecular complexity index is 683. The van der Waals surface area contributed by atoms with Gasteiger partial charge in [-0.15, -0.1) is 0 Å². The average molecular weight is 367 g/mol. The van der Waals surface area contributed by atoms with Crippen LogP contribution in [0.2, 0.25) is 0 Å². The molecule has 2 rings (SSSR count). The van der Waals surface area contributed by atoms with Crippen LogP contribution in [0.5, 0.6) is 0 Å². The lowest BCUT2D eigenvalue weighted by Gasteiger charge is -2.07. The van der Waals surface area contributed by atoms with Crippen molar-refractivity contribution in [3.8, 4) is 0 Å². The second-order valence-electron chi connectivity index (χ2n) is 4.26. The minimum absolute atomic E-state index is 0.0242. The van der Waals surface area contributed by atoms with Crippen molar-refractivity contribution >= 4 is 39.6 Å². The van der Waals surface area contributed by atoms with Crippen molar-refractivity contribution in [2.24, 2.45) is 0 Å². The van der Waals surface area contributed by atoms with E-state index < -0.39 is 11.9 Å². The van der Waals surface area contributed by atoms with Gasteiger partial charge in [-0.2, -0.15) is 0 Å². The van der Waals surface area contributed by atoms with Crippen molar-refractivity contribution < 1.29 is 19.8 Å². The van der Waals surface area contributed by atoms with Gasteiger partial charge in [-0.05, 0) is 35.9 Å². The van der Waals surface area contributed by atoms with Crippen molar-refractivity contribution in [3.05, 3.63) is 58.1 Å². The first kappa shape index (κ1) is 15.6. The van der Waals surface area contributed by atoms with E-state index in [1.54, 1.807) is 42.5 Å². The third kappa shape index (κ3) is 4.34. The number of aromatic carboxylic acids is 1. The van der Waals surface area contributed by atoms with E-state index >= 15 is 0 Å². The summed E-state index contributed by atoms with van der Waals surface area (Å²) in [4.78, 5) is 23.4. The Labute approximate surface area is 133 Å². The van der Waals surface area contributed by atoms with Crippen molar-refractivity contribution in [2.75, 3.05) is 0 Å². The molecule has 0 radical (unpaired) electrons. The van der Waals surface area contributed by atoms with Crippen LogP contribution in [0.4, 0.5) is 0 Å². The molecule has 4 nitrogen and oxygen atoms in total. The average Bonchev–Trinajstić information content (AvgIpc) is 2.42. The Morgan fingerprint density at radius 2 is 1.71 bits per heavy atom. The standard InChI is InChI=1S/C15H11BrO4S/c16-10-3-6-13(12(8-10)15(19)20)21-11-4-1-9(2-5-11)7-14(17)18/h1-6,8H,7H2,(H,17,18)(H,19,20). The Hall–Kier alpha value is -1.79. The molecular weight excluding hydrogens is 356 g/mol. The fourth-order valence-corrected chi connectivity index (χ4v) is 3.01. The highest BCUT2D eigenvalue weighted by Crippen LogP contribution is 2.32. The van der Waals surface area contributed by atoms with Crippen LogP contribution in [0.3, 0.4) is 0 Å². The van der Waals surface area contributed by atoms with Crippen LogP contribution >= 0.6 is 27.7 Å². The van der Waals surface area contributed by atoms with Crippen LogP contribution in [0.1, 0.15) is 15.9 Å². The van der Waals surface area contributed by atoms with E-state index in [1.165, 1.54) is 11.8 Å². The lowest BCUT2D eigenvalue weighted by Crippen LogP contribution is -2.00. The summed E-state index contributed by atoms with van der Waals surface area (Å²) in [5.74, 6) is -1.86. The predicted octanol–water partition coefficient (Wildman–Crippen LogP) is 3.93. The van der Waals surface area contributed by atoms with Crippen LogP contribution in [0, 0.1) is 0 Å². The third-order valence-corrected chi connectivity index (χ3v) is 4.26. The summed E-state index contributed by atoms with van der Waals surface area (Å²) in [6.07, 6.45) is -0.0242. The summed E-state index contributed by atoms with van der Waals surface area (Å²) in [5.41, 5.74) is 0.935. The van der Waals surface area contributed by atoms with Gasteiger partial charge in [-0.3, -0.25) is 4.79 Å². The van der Waals surface area contributed by atoms with Gasteiger partial charge in [0, 0.05) is 14.3 Å². The van der Waals surface area contributed by atoms with Gasteiger partial charge >= 0.3 is 11.9 Å². The molecule has 0 atom stereocenters. The number of carboxylic acid groups (broad SMARTS) is 2. The van der Waals surface area contributed by atoms with E-state index in [0.29, 0.717) is 14.9 Å². The molecule has 2 aromatic rings.